The van der Waals surface area contributed by atoms with Gasteiger partial charge in [-0.2, -0.15) is 5.26 Å². The highest BCUT2D eigenvalue weighted by Gasteiger charge is 2.42. The van der Waals surface area contributed by atoms with Crippen LogP contribution in [0, 0.1) is 21.6 Å². The minimum absolute atomic E-state index is 0.000483. The number of nitro benzene ring substituents is 1. The molecule has 2 aliphatic heterocycles. The molecule has 0 amide bonds. The quantitative estimate of drug-likeness (QED) is 0.343. The van der Waals surface area contributed by atoms with Crippen LogP contribution in [0.2, 0.25) is 0 Å². The molecule has 3 rings (SSSR count). The summed E-state index contributed by atoms with van der Waals surface area (Å²) in [7, 11) is 0. The first-order valence-electron chi connectivity index (χ1n) is 5.99. The number of aliphatic imine (C=N–C) groups is 1. The normalized spacial score (nSPS) is 26.2. The molecule has 20 heavy (non-hydrogen) atoms. The van der Waals surface area contributed by atoms with Crippen LogP contribution in [0.4, 0.5) is 5.69 Å². The number of nitro groups is 1. The number of guanidine groups is 1. The van der Waals surface area contributed by atoms with Gasteiger partial charge in [-0.3, -0.25) is 15.4 Å². The summed E-state index contributed by atoms with van der Waals surface area (Å²) in [5.74, 6) is 0.880. The number of hydrogen-bond donors (Lipinski definition) is 2. The summed E-state index contributed by atoms with van der Waals surface area (Å²) in [4.78, 5) is 14.7. The highest BCUT2D eigenvalue weighted by atomic mass is 16.6. The summed E-state index contributed by atoms with van der Waals surface area (Å²) in [5.41, 5.74) is -0.0238. The predicted octanol–water partition coefficient (Wildman–Crippen LogP) is 1.16. The average Bonchev–Trinajstić information content (AvgIpc) is 2.37. The Balaban J connectivity index is 2.07. The van der Waals surface area contributed by atoms with Crippen LogP contribution < -0.4 is 15.4 Å². The fourth-order valence-electron chi connectivity index (χ4n) is 2.51. The molecule has 102 valence electrons. The van der Waals surface area contributed by atoms with Crippen LogP contribution in [-0.2, 0) is 0 Å². The number of nitrogens with zero attached hydrogens (tertiary/aromatic N) is 3. The first-order chi connectivity index (χ1) is 9.50. The number of benzene rings is 1. The number of fused-ring (bicyclic) bond motifs is 4. The van der Waals surface area contributed by atoms with E-state index in [-0.39, 0.29) is 11.7 Å². The molecule has 0 aliphatic carbocycles. The summed E-state index contributed by atoms with van der Waals surface area (Å²) in [6, 6.07) is 4.18. The molecule has 2 unspecified atom stereocenters. The van der Waals surface area contributed by atoms with E-state index in [4.69, 9.17) is 10.00 Å². The number of nitriles is 1. The van der Waals surface area contributed by atoms with Crippen LogP contribution in [-0.4, -0.2) is 16.6 Å². The number of nitrogens with one attached hydrogen (secondary N) is 2. The Hall–Kier alpha value is -2.82. The Morgan fingerprint density at radius 3 is 3.20 bits per heavy atom. The van der Waals surface area contributed by atoms with Gasteiger partial charge in [-0.05, 0) is 13.0 Å². The highest BCUT2D eigenvalue weighted by molar-refractivity contribution is 5.83. The van der Waals surface area contributed by atoms with Crippen LogP contribution in [0.25, 0.3) is 0 Å². The predicted molar refractivity (Wildman–Crippen MR) is 68.8 cm³/mol. The van der Waals surface area contributed by atoms with E-state index < -0.39 is 10.6 Å². The Morgan fingerprint density at radius 2 is 2.50 bits per heavy atom. The Morgan fingerprint density at radius 1 is 1.70 bits per heavy atom. The van der Waals surface area contributed by atoms with Crippen molar-refractivity contribution in [2.75, 3.05) is 0 Å². The molecule has 1 aromatic carbocycles. The molecule has 0 saturated heterocycles. The second-order valence-electron chi connectivity index (χ2n) is 4.87. The summed E-state index contributed by atoms with van der Waals surface area (Å²) < 4.78 is 5.84. The van der Waals surface area contributed by atoms with Gasteiger partial charge >= 0.3 is 0 Å². The molecule has 8 heteroatoms. The van der Waals surface area contributed by atoms with Crippen LogP contribution in [0.15, 0.2) is 23.2 Å². The average molecular weight is 273 g/mol. The van der Waals surface area contributed by atoms with E-state index in [0.29, 0.717) is 23.7 Å². The molecule has 2 atom stereocenters. The lowest BCUT2D eigenvalue weighted by molar-refractivity contribution is -0.385. The van der Waals surface area contributed by atoms with E-state index in [2.05, 4.69) is 15.6 Å². The molecule has 1 aromatic rings. The van der Waals surface area contributed by atoms with E-state index in [0.717, 1.165) is 0 Å². The molecule has 0 fully saturated rings. The van der Waals surface area contributed by atoms with E-state index in [9.17, 15) is 10.1 Å². The molecule has 2 aliphatic rings. The first kappa shape index (κ1) is 12.2. The van der Waals surface area contributed by atoms with Crippen molar-refractivity contribution in [3.8, 4) is 11.9 Å². The van der Waals surface area contributed by atoms with Gasteiger partial charge in [0.05, 0.1) is 11.0 Å². The third-order valence-corrected chi connectivity index (χ3v) is 3.32. The van der Waals surface area contributed by atoms with Gasteiger partial charge in [-0.25, -0.2) is 4.99 Å². The van der Waals surface area contributed by atoms with Gasteiger partial charge in [0.1, 0.15) is 5.75 Å². The molecule has 2 N–H and O–H groups in total. The zero-order chi connectivity index (χ0) is 14.3. The lowest BCUT2D eigenvalue weighted by atomic mass is 9.92. The van der Waals surface area contributed by atoms with Crippen LogP contribution in [0.5, 0.6) is 5.75 Å². The van der Waals surface area contributed by atoms with Crippen molar-refractivity contribution in [1.82, 2.24) is 10.6 Å². The van der Waals surface area contributed by atoms with E-state index in [1.807, 2.05) is 6.92 Å². The molecule has 0 aromatic heterocycles. The summed E-state index contributed by atoms with van der Waals surface area (Å²) >= 11 is 0. The zero-order valence-corrected chi connectivity index (χ0v) is 10.6. The SMILES string of the molecule is CC12CC(N=C(NC#N)N1)c1cc([N+](=O)[O-])ccc1O2. The van der Waals surface area contributed by atoms with Gasteiger partial charge in [-0.15, -0.1) is 0 Å². The third-order valence-electron chi connectivity index (χ3n) is 3.32. The van der Waals surface area contributed by atoms with Crippen LogP contribution in [0.3, 0.4) is 0 Å². The lowest BCUT2D eigenvalue weighted by Crippen LogP contribution is -2.58. The van der Waals surface area contributed by atoms with Crippen LogP contribution in [0.1, 0.15) is 24.9 Å². The van der Waals surface area contributed by atoms with Crippen molar-refractivity contribution in [3.63, 3.8) is 0 Å². The maximum atomic E-state index is 10.9. The summed E-state index contributed by atoms with van der Waals surface area (Å²) in [6.45, 7) is 1.85. The maximum absolute atomic E-state index is 10.9. The van der Waals surface area contributed by atoms with Gasteiger partial charge in [0, 0.05) is 24.1 Å². The van der Waals surface area contributed by atoms with Gasteiger partial charge in [0.15, 0.2) is 11.9 Å². The second-order valence-corrected chi connectivity index (χ2v) is 4.87. The van der Waals surface area contributed by atoms with Crippen molar-refractivity contribution in [2.24, 2.45) is 4.99 Å². The molecular weight excluding hydrogens is 262 g/mol. The first-order valence-corrected chi connectivity index (χ1v) is 5.99. The molecule has 0 radical (unpaired) electrons. The Kier molecular flexibility index (Phi) is 2.50. The number of non-ortho nitro benzene ring substituents is 1. The van der Waals surface area contributed by atoms with Crippen molar-refractivity contribution in [2.45, 2.75) is 25.1 Å². The van der Waals surface area contributed by atoms with E-state index in [1.165, 1.54) is 12.1 Å². The zero-order valence-electron chi connectivity index (χ0n) is 10.6. The Labute approximate surface area is 114 Å². The highest BCUT2D eigenvalue weighted by Crippen LogP contribution is 2.43. The standard InChI is InChI=1S/C12H11N5O3/c1-12-5-9(15-11(16-12)14-6-13)8-4-7(17(18)19)2-3-10(8)20-12/h2-4,9H,5H2,1H3,(H2,14,15,16). The fraction of sp³-hybridized carbons (Fsp3) is 0.333. The maximum Gasteiger partial charge on any atom is 0.270 e. The molecule has 2 heterocycles. The van der Waals surface area contributed by atoms with Crippen molar-refractivity contribution >= 4 is 11.6 Å². The number of rotatable bonds is 1. The third kappa shape index (κ3) is 1.89. The fourth-order valence-corrected chi connectivity index (χ4v) is 2.51. The number of ether oxygens (including phenoxy) is 1. The lowest BCUT2D eigenvalue weighted by Gasteiger charge is -2.42. The van der Waals surface area contributed by atoms with E-state index >= 15 is 0 Å². The van der Waals surface area contributed by atoms with Gasteiger partial charge < -0.3 is 10.1 Å². The van der Waals surface area contributed by atoms with E-state index in [1.54, 1.807) is 12.3 Å². The second kappa shape index (κ2) is 4.09. The molecule has 2 bridgehead atoms. The minimum atomic E-state index is -0.686. The Bertz CT molecular complexity index is 666. The topological polar surface area (TPSA) is 113 Å². The molecule has 8 nitrogen and oxygen atoms in total. The molecule has 0 spiro atoms. The van der Waals surface area contributed by atoms with Crippen LogP contribution >= 0.6 is 0 Å². The van der Waals surface area contributed by atoms with Crippen molar-refractivity contribution in [3.05, 3.63) is 33.9 Å². The smallest absolute Gasteiger partial charge is 0.270 e. The largest absolute Gasteiger partial charge is 0.468 e. The monoisotopic (exact) mass is 273 g/mol. The summed E-state index contributed by atoms with van der Waals surface area (Å²) in [5, 5.41) is 25.0. The number of hydrogen-bond acceptors (Lipinski definition) is 7. The van der Waals surface area contributed by atoms with Gasteiger partial charge in [0.2, 0.25) is 5.96 Å². The minimum Gasteiger partial charge on any atom is -0.468 e. The van der Waals surface area contributed by atoms with Gasteiger partial charge in [-0.1, -0.05) is 0 Å². The van der Waals surface area contributed by atoms with Crippen molar-refractivity contribution in [1.29, 1.82) is 5.26 Å². The molecule has 0 saturated carbocycles. The van der Waals surface area contributed by atoms with Crippen molar-refractivity contribution < 1.29 is 9.66 Å². The molecular formula is C12H11N5O3. The summed E-state index contributed by atoms with van der Waals surface area (Å²) in [6.07, 6.45) is 2.33. The van der Waals surface area contributed by atoms with Gasteiger partial charge in [0.25, 0.3) is 5.69 Å².